The molecule has 0 bridgehead atoms. The van der Waals surface area contributed by atoms with Crippen LogP contribution in [-0.4, -0.2) is 40.8 Å². The number of hydrogen-bond donors (Lipinski definition) is 2. The van der Waals surface area contributed by atoms with E-state index in [1.165, 1.54) is 0 Å². The molecular formula is C11H16N2O3. The van der Waals surface area contributed by atoms with Gasteiger partial charge in [0, 0.05) is 43.6 Å². The van der Waals surface area contributed by atoms with E-state index in [9.17, 15) is 4.79 Å². The summed E-state index contributed by atoms with van der Waals surface area (Å²) in [6.45, 7) is 1.71. The molecule has 5 heteroatoms. The van der Waals surface area contributed by atoms with Gasteiger partial charge in [-0.15, -0.1) is 0 Å². The average Bonchev–Trinajstić information content (AvgIpc) is 2.96. The highest BCUT2D eigenvalue weighted by Gasteiger charge is 2.26. The largest absolute Gasteiger partial charge is 0.444 e. The highest BCUT2D eigenvalue weighted by atomic mass is 16.6. The number of ether oxygens (including phenoxy) is 1. The van der Waals surface area contributed by atoms with Gasteiger partial charge in [-0.3, -0.25) is 0 Å². The van der Waals surface area contributed by atoms with Gasteiger partial charge in [-0.25, -0.2) is 4.79 Å². The third-order valence-corrected chi connectivity index (χ3v) is 2.83. The maximum atomic E-state index is 11.6. The van der Waals surface area contributed by atoms with Gasteiger partial charge < -0.3 is 19.7 Å². The summed E-state index contributed by atoms with van der Waals surface area (Å²) in [4.78, 5) is 16.2. The molecule has 1 fully saturated rings. The summed E-state index contributed by atoms with van der Waals surface area (Å²) in [6, 6.07) is 1.87. The molecule has 0 saturated carbocycles. The van der Waals surface area contributed by atoms with Crippen LogP contribution < -0.4 is 0 Å². The van der Waals surface area contributed by atoms with Crippen LogP contribution in [0, 0.1) is 5.92 Å². The maximum absolute atomic E-state index is 11.6. The Morgan fingerprint density at radius 1 is 1.69 bits per heavy atom. The van der Waals surface area contributed by atoms with Gasteiger partial charge in [0.2, 0.25) is 0 Å². The van der Waals surface area contributed by atoms with Gasteiger partial charge in [-0.05, 0) is 12.5 Å². The van der Waals surface area contributed by atoms with E-state index in [-0.39, 0.29) is 18.6 Å². The number of aliphatic hydroxyl groups is 1. The number of rotatable bonds is 3. The standard InChI is InChI=1S/C11H16N2O3/c14-7-10-2-4-13(6-10)11(15)16-8-9-1-3-12-5-9/h1,3,5,10,12,14H,2,4,6-8H2. The van der Waals surface area contributed by atoms with E-state index >= 15 is 0 Å². The molecule has 1 aromatic heterocycles. The van der Waals surface area contributed by atoms with Crippen LogP contribution in [0.15, 0.2) is 18.5 Å². The zero-order valence-corrected chi connectivity index (χ0v) is 9.06. The molecule has 1 aromatic rings. The Bertz CT molecular complexity index is 337. The van der Waals surface area contributed by atoms with Crippen LogP contribution in [0.1, 0.15) is 12.0 Å². The Hall–Kier alpha value is -1.49. The van der Waals surface area contributed by atoms with E-state index in [1.54, 1.807) is 17.3 Å². The van der Waals surface area contributed by atoms with E-state index in [4.69, 9.17) is 9.84 Å². The Morgan fingerprint density at radius 3 is 3.19 bits per heavy atom. The van der Waals surface area contributed by atoms with E-state index in [1.807, 2.05) is 6.07 Å². The second-order valence-corrected chi connectivity index (χ2v) is 4.06. The van der Waals surface area contributed by atoms with Gasteiger partial charge >= 0.3 is 6.09 Å². The van der Waals surface area contributed by atoms with Gasteiger partial charge in [-0.2, -0.15) is 0 Å². The van der Waals surface area contributed by atoms with Gasteiger partial charge in [0.25, 0.3) is 0 Å². The molecule has 1 aliphatic heterocycles. The number of carbonyl (C=O) groups excluding carboxylic acids is 1. The summed E-state index contributed by atoms with van der Waals surface area (Å²) >= 11 is 0. The zero-order valence-electron chi connectivity index (χ0n) is 9.06. The highest BCUT2D eigenvalue weighted by molar-refractivity contribution is 5.67. The minimum atomic E-state index is -0.294. The second kappa shape index (κ2) is 5.03. The number of nitrogens with one attached hydrogen (secondary N) is 1. The monoisotopic (exact) mass is 224 g/mol. The molecule has 1 unspecified atom stereocenters. The van der Waals surface area contributed by atoms with Crippen LogP contribution in [0.5, 0.6) is 0 Å². The normalized spacial score (nSPS) is 20.1. The van der Waals surface area contributed by atoms with Gasteiger partial charge in [-0.1, -0.05) is 0 Å². The maximum Gasteiger partial charge on any atom is 0.410 e. The summed E-state index contributed by atoms with van der Waals surface area (Å²) in [5.74, 6) is 0.208. The number of aromatic nitrogens is 1. The fourth-order valence-electron chi connectivity index (χ4n) is 1.83. The summed E-state index contributed by atoms with van der Waals surface area (Å²) in [7, 11) is 0. The molecule has 0 aliphatic carbocycles. The number of aliphatic hydroxyl groups excluding tert-OH is 1. The van der Waals surface area contributed by atoms with Crippen molar-refractivity contribution in [3.8, 4) is 0 Å². The fraction of sp³-hybridized carbons (Fsp3) is 0.545. The average molecular weight is 224 g/mol. The zero-order chi connectivity index (χ0) is 11.4. The van der Waals surface area contributed by atoms with Gasteiger partial charge in [0.1, 0.15) is 6.61 Å². The number of likely N-dealkylation sites (tertiary alicyclic amines) is 1. The third-order valence-electron chi connectivity index (χ3n) is 2.83. The van der Waals surface area contributed by atoms with Gasteiger partial charge in [0.05, 0.1) is 0 Å². The number of carbonyl (C=O) groups is 1. The van der Waals surface area contributed by atoms with Crippen molar-refractivity contribution in [2.75, 3.05) is 19.7 Å². The van der Waals surface area contributed by atoms with E-state index in [0.29, 0.717) is 19.7 Å². The highest BCUT2D eigenvalue weighted by Crippen LogP contribution is 2.16. The van der Waals surface area contributed by atoms with Crippen LogP contribution in [0.4, 0.5) is 4.79 Å². The number of nitrogens with zero attached hydrogens (tertiary/aromatic N) is 1. The van der Waals surface area contributed by atoms with Crippen molar-refractivity contribution in [2.24, 2.45) is 5.92 Å². The topological polar surface area (TPSA) is 65.6 Å². The summed E-state index contributed by atoms with van der Waals surface area (Å²) in [6.07, 6.45) is 4.15. The fourth-order valence-corrected chi connectivity index (χ4v) is 1.83. The molecule has 2 N–H and O–H groups in total. The molecular weight excluding hydrogens is 208 g/mol. The number of hydrogen-bond acceptors (Lipinski definition) is 3. The van der Waals surface area contributed by atoms with Crippen molar-refractivity contribution in [1.29, 1.82) is 0 Å². The molecule has 1 saturated heterocycles. The lowest BCUT2D eigenvalue weighted by Gasteiger charge is -2.15. The van der Waals surface area contributed by atoms with Crippen molar-refractivity contribution >= 4 is 6.09 Å². The number of aromatic amines is 1. The van der Waals surface area contributed by atoms with E-state index in [2.05, 4.69) is 4.98 Å². The predicted molar refractivity (Wildman–Crippen MR) is 57.7 cm³/mol. The number of amides is 1. The Morgan fingerprint density at radius 2 is 2.56 bits per heavy atom. The van der Waals surface area contributed by atoms with Crippen molar-refractivity contribution in [3.05, 3.63) is 24.0 Å². The molecule has 0 radical (unpaired) electrons. The SMILES string of the molecule is O=C(OCc1cc[nH]c1)N1CCC(CO)C1. The van der Waals surface area contributed by atoms with Gasteiger partial charge in [0.15, 0.2) is 0 Å². The van der Waals surface area contributed by atoms with E-state index < -0.39 is 0 Å². The second-order valence-electron chi connectivity index (χ2n) is 4.06. The first-order chi connectivity index (χ1) is 7.79. The lowest BCUT2D eigenvalue weighted by atomic mass is 10.1. The molecule has 1 aliphatic rings. The summed E-state index contributed by atoms with van der Waals surface area (Å²) < 4.78 is 5.15. The van der Waals surface area contributed by atoms with Crippen LogP contribution >= 0.6 is 0 Å². The smallest absolute Gasteiger partial charge is 0.410 e. The molecule has 88 valence electrons. The molecule has 1 amide bonds. The molecule has 0 aromatic carbocycles. The van der Waals surface area contributed by atoms with Crippen molar-refractivity contribution in [2.45, 2.75) is 13.0 Å². The Labute approximate surface area is 94.0 Å². The number of H-pyrrole nitrogens is 1. The molecule has 2 rings (SSSR count). The summed E-state index contributed by atoms with van der Waals surface area (Å²) in [5, 5.41) is 8.96. The quantitative estimate of drug-likeness (QED) is 0.803. The van der Waals surface area contributed by atoms with Crippen LogP contribution in [0.3, 0.4) is 0 Å². The Balaban J connectivity index is 1.76. The van der Waals surface area contributed by atoms with Crippen molar-refractivity contribution in [1.82, 2.24) is 9.88 Å². The molecule has 5 nitrogen and oxygen atoms in total. The van der Waals surface area contributed by atoms with Crippen LogP contribution in [0.25, 0.3) is 0 Å². The van der Waals surface area contributed by atoms with Crippen LogP contribution in [-0.2, 0) is 11.3 Å². The van der Waals surface area contributed by atoms with E-state index in [0.717, 1.165) is 12.0 Å². The first kappa shape index (κ1) is 11.0. The molecule has 0 spiro atoms. The lowest BCUT2D eigenvalue weighted by molar-refractivity contribution is 0.101. The van der Waals surface area contributed by atoms with Crippen molar-refractivity contribution in [3.63, 3.8) is 0 Å². The minimum Gasteiger partial charge on any atom is -0.444 e. The molecule has 16 heavy (non-hydrogen) atoms. The summed E-state index contributed by atoms with van der Waals surface area (Å²) in [5.41, 5.74) is 0.950. The minimum absolute atomic E-state index is 0.140. The first-order valence-corrected chi connectivity index (χ1v) is 5.44. The molecule has 1 atom stereocenters. The van der Waals surface area contributed by atoms with Crippen LogP contribution in [0.2, 0.25) is 0 Å². The Kier molecular flexibility index (Phi) is 3.46. The lowest BCUT2D eigenvalue weighted by Crippen LogP contribution is -2.29. The molecule has 2 heterocycles. The third kappa shape index (κ3) is 2.55. The predicted octanol–water partition coefficient (Wildman–Crippen LogP) is 0.966. The van der Waals surface area contributed by atoms with Crippen molar-refractivity contribution < 1.29 is 14.6 Å². The first-order valence-electron chi connectivity index (χ1n) is 5.44.